The Morgan fingerprint density at radius 1 is 0.952 bits per heavy atom. The lowest BCUT2D eigenvalue weighted by atomic mass is 10.1. The highest BCUT2D eigenvalue weighted by molar-refractivity contribution is 5.76. The molecule has 0 spiro atoms. The molecule has 0 aromatic heterocycles. The number of nitrogens with zero attached hydrogens (tertiary/aromatic N) is 1. The van der Waals surface area contributed by atoms with Gasteiger partial charge in [0.05, 0.1) is 0 Å². The summed E-state index contributed by atoms with van der Waals surface area (Å²) in [6.45, 7) is 6.60. The molecule has 1 amide bonds. The fourth-order valence-electron chi connectivity index (χ4n) is 2.46. The molecule has 4 heteroatoms. The maximum atomic E-state index is 11.8. The average Bonchev–Trinajstić information content (AvgIpc) is 2.50. The van der Waals surface area contributed by atoms with Crippen molar-refractivity contribution in [2.45, 2.75) is 97.6 Å². The minimum Gasteiger partial charge on any atom is -0.339 e. The fourth-order valence-corrected chi connectivity index (χ4v) is 2.46. The van der Waals surface area contributed by atoms with Crippen molar-refractivity contribution in [2.24, 2.45) is 0 Å². The van der Waals surface area contributed by atoms with Crippen LogP contribution in [0, 0.1) is 0 Å². The van der Waals surface area contributed by atoms with Crippen LogP contribution in [0.1, 0.15) is 91.4 Å². The largest absolute Gasteiger partial charge is 0.339 e. The lowest BCUT2D eigenvalue weighted by molar-refractivity contribution is -0.146. The van der Waals surface area contributed by atoms with Crippen molar-refractivity contribution in [1.29, 1.82) is 0 Å². The first-order valence-corrected chi connectivity index (χ1v) is 8.90. The van der Waals surface area contributed by atoms with Crippen LogP contribution in [0.4, 0.5) is 0 Å². The molecule has 0 aliphatic carbocycles. The normalized spacial score (nSPS) is 12.6. The van der Waals surface area contributed by atoms with Gasteiger partial charge in [-0.1, -0.05) is 72.1 Å². The summed E-state index contributed by atoms with van der Waals surface area (Å²) in [5.41, 5.74) is 0. The predicted octanol–water partition coefficient (Wildman–Crippen LogP) is 4.47. The quantitative estimate of drug-likeness (QED) is 0.283. The Morgan fingerprint density at radius 2 is 1.48 bits per heavy atom. The molecule has 126 valence electrons. The Hall–Kier alpha value is -0.610. The summed E-state index contributed by atoms with van der Waals surface area (Å²) in [5, 5.41) is 13.7. The highest BCUT2D eigenvalue weighted by Crippen LogP contribution is 2.10. The second-order valence-corrected chi connectivity index (χ2v) is 5.83. The van der Waals surface area contributed by atoms with Gasteiger partial charge in [0.25, 0.3) is 0 Å². The summed E-state index contributed by atoms with van der Waals surface area (Å²) in [4.78, 5) is 11.8. The maximum Gasteiger partial charge on any atom is 0.221 e. The van der Waals surface area contributed by atoms with Gasteiger partial charge < -0.3 is 10.5 Å². The lowest BCUT2D eigenvalue weighted by Crippen LogP contribution is -2.46. The van der Waals surface area contributed by atoms with Crippen molar-refractivity contribution in [3.63, 3.8) is 0 Å². The molecule has 4 nitrogen and oxygen atoms in total. The number of amides is 1. The zero-order chi connectivity index (χ0) is 15.9. The molecule has 0 heterocycles. The molecule has 2 N–H and O–H groups in total. The van der Waals surface area contributed by atoms with E-state index in [1.165, 1.54) is 50.0 Å². The molecule has 0 radical (unpaired) electrons. The third-order valence-electron chi connectivity index (χ3n) is 3.91. The van der Waals surface area contributed by atoms with Crippen LogP contribution in [-0.2, 0) is 4.79 Å². The molecular formula is C17H36N2O2. The first-order chi connectivity index (χ1) is 10.2. The molecule has 0 aromatic carbocycles. The van der Waals surface area contributed by atoms with Crippen molar-refractivity contribution >= 4 is 5.91 Å². The molecule has 1 atom stereocenters. The Bertz CT molecular complexity index is 247. The number of hydrogen-bond donors (Lipinski definition) is 2. The van der Waals surface area contributed by atoms with Gasteiger partial charge in [0, 0.05) is 13.0 Å². The second kappa shape index (κ2) is 14.3. The van der Waals surface area contributed by atoms with E-state index in [2.05, 4.69) is 12.2 Å². The Kier molecular flexibility index (Phi) is 13.9. The molecule has 1 unspecified atom stereocenters. The number of hydrogen-bond acceptors (Lipinski definition) is 3. The van der Waals surface area contributed by atoms with Gasteiger partial charge in [-0.15, -0.1) is 0 Å². The lowest BCUT2D eigenvalue weighted by Gasteiger charge is -2.24. The van der Waals surface area contributed by atoms with Gasteiger partial charge in [-0.3, -0.25) is 4.79 Å². The van der Waals surface area contributed by atoms with Crippen molar-refractivity contribution < 1.29 is 10.0 Å². The molecule has 0 aliphatic heterocycles. The molecule has 0 rings (SSSR count). The van der Waals surface area contributed by atoms with Crippen molar-refractivity contribution in [3.8, 4) is 0 Å². The zero-order valence-corrected chi connectivity index (χ0v) is 14.4. The first-order valence-electron chi connectivity index (χ1n) is 8.90. The summed E-state index contributed by atoms with van der Waals surface area (Å²) in [6, 6.07) is 0. The van der Waals surface area contributed by atoms with Gasteiger partial charge in [-0.25, -0.2) is 0 Å². The predicted molar refractivity (Wildman–Crippen MR) is 88.2 cm³/mol. The minimum atomic E-state index is -0.249. The first kappa shape index (κ1) is 20.4. The monoisotopic (exact) mass is 300 g/mol. The summed E-state index contributed by atoms with van der Waals surface area (Å²) in [7, 11) is 0. The molecule has 0 bridgehead atoms. The number of nitrogens with one attached hydrogen (secondary N) is 1. The number of hydroxylamine groups is 2. The molecule has 0 aliphatic rings. The van der Waals surface area contributed by atoms with E-state index in [1.807, 2.05) is 13.8 Å². The number of unbranched alkanes of at least 4 members (excludes halogenated alkanes) is 8. The van der Waals surface area contributed by atoms with E-state index >= 15 is 0 Å². The Morgan fingerprint density at radius 3 is 1.95 bits per heavy atom. The second-order valence-electron chi connectivity index (χ2n) is 5.83. The van der Waals surface area contributed by atoms with Crippen LogP contribution in [0.3, 0.4) is 0 Å². The van der Waals surface area contributed by atoms with E-state index in [4.69, 9.17) is 0 Å². The maximum absolute atomic E-state index is 11.8. The molecule has 0 fully saturated rings. The van der Waals surface area contributed by atoms with E-state index in [0.717, 1.165) is 12.8 Å². The van der Waals surface area contributed by atoms with Crippen LogP contribution in [0.15, 0.2) is 0 Å². The summed E-state index contributed by atoms with van der Waals surface area (Å²) >= 11 is 0. The SMILES string of the molecule is CCCCCCCCCCCC(=O)NC(CC)N(O)CC. The third kappa shape index (κ3) is 11.7. The van der Waals surface area contributed by atoms with Gasteiger partial charge in [-0.2, -0.15) is 5.06 Å². The highest BCUT2D eigenvalue weighted by Gasteiger charge is 2.14. The van der Waals surface area contributed by atoms with Gasteiger partial charge in [0.15, 0.2) is 0 Å². The Labute approximate surface area is 131 Å². The van der Waals surface area contributed by atoms with Crippen molar-refractivity contribution in [3.05, 3.63) is 0 Å². The minimum absolute atomic E-state index is 0.0531. The molecule has 0 saturated heterocycles. The van der Waals surface area contributed by atoms with E-state index in [-0.39, 0.29) is 12.1 Å². The standard InChI is InChI=1S/C17H36N2O2/c1-4-7-8-9-10-11-12-13-14-15-17(20)18-16(5-2)19(21)6-3/h16,21H,4-15H2,1-3H3,(H,18,20). The van der Waals surface area contributed by atoms with E-state index in [0.29, 0.717) is 19.4 Å². The summed E-state index contributed by atoms with van der Waals surface area (Å²) in [6.07, 6.45) is 12.4. The fraction of sp³-hybridized carbons (Fsp3) is 0.941. The third-order valence-corrected chi connectivity index (χ3v) is 3.91. The summed E-state index contributed by atoms with van der Waals surface area (Å²) in [5.74, 6) is 0.0531. The van der Waals surface area contributed by atoms with Crippen LogP contribution in [0.25, 0.3) is 0 Å². The van der Waals surface area contributed by atoms with Crippen LogP contribution in [-0.4, -0.2) is 28.9 Å². The average molecular weight is 300 g/mol. The van der Waals surface area contributed by atoms with Crippen molar-refractivity contribution in [1.82, 2.24) is 10.4 Å². The molecule has 21 heavy (non-hydrogen) atoms. The topological polar surface area (TPSA) is 52.6 Å². The highest BCUT2D eigenvalue weighted by atomic mass is 16.5. The van der Waals surface area contributed by atoms with Crippen molar-refractivity contribution in [2.75, 3.05) is 6.54 Å². The van der Waals surface area contributed by atoms with E-state index < -0.39 is 0 Å². The van der Waals surface area contributed by atoms with Crippen LogP contribution in [0.2, 0.25) is 0 Å². The number of carbonyl (C=O) groups is 1. The van der Waals surface area contributed by atoms with Crippen LogP contribution in [0.5, 0.6) is 0 Å². The molecular weight excluding hydrogens is 264 g/mol. The van der Waals surface area contributed by atoms with Crippen LogP contribution < -0.4 is 5.32 Å². The Balaban J connectivity index is 3.49. The van der Waals surface area contributed by atoms with Gasteiger partial charge in [0.1, 0.15) is 6.17 Å². The zero-order valence-electron chi connectivity index (χ0n) is 14.4. The van der Waals surface area contributed by atoms with E-state index in [9.17, 15) is 10.0 Å². The smallest absolute Gasteiger partial charge is 0.221 e. The summed E-state index contributed by atoms with van der Waals surface area (Å²) < 4.78 is 0. The number of carbonyl (C=O) groups excluding carboxylic acids is 1. The van der Waals surface area contributed by atoms with Gasteiger partial charge in [-0.05, 0) is 12.8 Å². The van der Waals surface area contributed by atoms with Gasteiger partial charge >= 0.3 is 0 Å². The molecule has 0 saturated carbocycles. The van der Waals surface area contributed by atoms with E-state index in [1.54, 1.807) is 0 Å². The van der Waals surface area contributed by atoms with Crippen LogP contribution >= 0.6 is 0 Å². The number of rotatable bonds is 14. The van der Waals surface area contributed by atoms with Gasteiger partial charge in [0.2, 0.25) is 5.91 Å². The molecule has 0 aromatic rings.